The number of hydrogen-bond acceptors (Lipinski definition) is 4. The summed E-state index contributed by atoms with van der Waals surface area (Å²) >= 11 is 1.50. The van der Waals surface area contributed by atoms with Gasteiger partial charge < -0.3 is 5.32 Å². The van der Waals surface area contributed by atoms with Crippen LogP contribution in [0.3, 0.4) is 0 Å². The van der Waals surface area contributed by atoms with Crippen LogP contribution in [0.2, 0.25) is 0 Å². The fraction of sp³-hybridized carbons (Fsp3) is 0.846. The summed E-state index contributed by atoms with van der Waals surface area (Å²) in [5.41, 5.74) is 0. The molecule has 3 atom stereocenters. The van der Waals surface area contributed by atoms with E-state index in [1.807, 2.05) is 0 Å². The highest BCUT2D eigenvalue weighted by Crippen LogP contribution is 2.31. The van der Waals surface area contributed by atoms with Crippen LogP contribution in [0, 0.1) is 11.8 Å². The summed E-state index contributed by atoms with van der Waals surface area (Å²) in [5, 5.41) is 4.55. The van der Waals surface area contributed by atoms with Gasteiger partial charge in [-0.2, -0.15) is 4.37 Å². The van der Waals surface area contributed by atoms with Crippen molar-refractivity contribution < 1.29 is 0 Å². The molecule has 3 unspecified atom stereocenters. The highest BCUT2D eigenvalue weighted by molar-refractivity contribution is 7.09. The summed E-state index contributed by atoms with van der Waals surface area (Å²) in [6.07, 6.45) is 3.86. The highest BCUT2D eigenvalue weighted by atomic mass is 32.1. The monoisotopic (exact) mass is 253 g/mol. The quantitative estimate of drug-likeness (QED) is 0.888. The maximum absolute atomic E-state index is 4.54. The molecule has 17 heavy (non-hydrogen) atoms. The van der Waals surface area contributed by atoms with E-state index in [0.29, 0.717) is 12.0 Å². The van der Waals surface area contributed by atoms with Crippen molar-refractivity contribution in [2.45, 2.75) is 58.9 Å². The lowest BCUT2D eigenvalue weighted by molar-refractivity contribution is 0.261. The molecule has 0 saturated heterocycles. The second kappa shape index (κ2) is 5.34. The minimum Gasteiger partial charge on any atom is -0.358 e. The zero-order valence-corrected chi connectivity index (χ0v) is 12.0. The van der Waals surface area contributed by atoms with Crippen molar-refractivity contribution >= 4 is 16.7 Å². The van der Waals surface area contributed by atoms with Crippen LogP contribution in [0.25, 0.3) is 0 Å². The van der Waals surface area contributed by atoms with Gasteiger partial charge in [0.2, 0.25) is 5.13 Å². The highest BCUT2D eigenvalue weighted by Gasteiger charge is 2.25. The Balaban J connectivity index is 1.92. The molecule has 1 saturated carbocycles. The van der Waals surface area contributed by atoms with Crippen LogP contribution in [-0.4, -0.2) is 15.4 Å². The van der Waals surface area contributed by atoms with Crippen molar-refractivity contribution in [2.24, 2.45) is 11.8 Å². The summed E-state index contributed by atoms with van der Waals surface area (Å²) in [6, 6.07) is 0.592. The van der Waals surface area contributed by atoms with Gasteiger partial charge in [0.15, 0.2) is 0 Å². The minimum atomic E-state index is 0.423. The third kappa shape index (κ3) is 3.18. The number of anilines is 1. The molecular formula is C13H23N3S. The van der Waals surface area contributed by atoms with E-state index in [1.54, 1.807) is 0 Å². The number of nitrogens with zero attached hydrogens (tertiary/aromatic N) is 2. The number of aromatic nitrogens is 2. The summed E-state index contributed by atoms with van der Waals surface area (Å²) in [5.74, 6) is 3.08. The molecule has 1 aliphatic carbocycles. The Morgan fingerprint density at radius 1 is 1.24 bits per heavy atom. The Morgan fingerprint density at radius 3 is 2.59 bits per heavy atom. The van der Waals surface area contributed by atoms with Gasteiger partial charge in [-0.15, -0.1) is 0 Å². The van der Waals surface area contributed by atoms with E-state index in [4.69, 9.17) is 0 Å². The zero-order valence-electron chi connectivity index (χ0n) is 11.2. The normalized spacial score (nSPS) is 29.6. The molecule has 1 aromatic heterocycles. The molecule has 4 heteroatoms. The lowest BCUT2D eigenvalue weighted by Crippen LogP contribution is -2.30. The van der Waals surface area contributed by atoms with E-state index >= 15 is 0 Å². The van der Waals surface area contributed by atoms with Gasteiger partial charge >= 0.3 is 0 Å². The van der Waals surface area contributed by atoms with Crippen LogP contribution in [0.4, 0.5) is 5.13 Å². The van der Waals surface area contributed by atoms with Gasteiger partial charge in [-0.3, -0.25) is 0 Å². The Hall–Kier alpha value is -0.640. The molecule has 0 bridgehead atoms. The average molecular weight is 253 g/mol. The molecule has 0 amide bonds. The van der Waals surface area contributed by atoms with E-state index in [1.165, 1.54) is 30.8 Å². The lowest BCUT2D eigenvalue weighted by Gasteiger charge is -2.32. The van der Waals surface area contributed by atoms with Crippen molar-refractivity contribution in [3.05, 3.63) is 5.82 Å². The molecule has 0 spiro atoms. The Morgan fingerprint density at radius 2 is 2.00 bits per heavy atom. The molecular weight excluding hydrogens is 230 g/mol. The van der Waals surface area contributed by atoms with E-state index in [2.05, 4.69) is 42.4 Å². The summed E-state index contributed by atoms with van der Waals surface area (Å²) < 4.78 is 4.38. The van der Waals surface area contributed by atoms with Crippen LogP contribution in [0.1, 0.15) is 58.7 Å². The third-order valence-corrected chi connectivity index (χ3v) is 4.54. The second-order valence-corrected chi connectivity index (χ2v) is 6.47. The van der Waals surface area contributed by atoms with Gasteiger partial charge in [-0.25, -0.2) is 4.98 Å². The first-order valence-electron chi connectivity index (χ1n) is 6.66. The molecule has 3 nitrogen and oxygen atoms in total. The Kier molecular flexibility index (Phi) is 4.02. The number of hydrogen-bond donors (Lipinski definition) is 1. The standard InChI is InChI=1S/C13H23N3S/c1-8(2)12-15-13(17-16-12)14-11-6-5-9(3)10(4)7-11/h8-11H,5-7H2,1-4H3,(H,14,15,16). The maximum atomic E-state index is 4.54. The summed E-state index contributed by atoms with van der Waals surface area (Å²) in [6.45, 7) is 8.99. The van der Waals surface area contributed by atoms with E-state index in [-0.39, 0.29) is 0 Å². The van der Waals surface area contributed by atoms with Crippen LogP contribution in [0.5, 0.6) is 0 Å². The summed E-state index contributed by atoms with van der Waals surface area (Å²) in [4.78, 5) is 4.54. The first-order valence-corrected chi connectivity index (χ1v) is 7.43. The van der Waals surface area contributed by atoms with Crippen molar-refractivity contribution in [1.29, 1.82) is 0 Å². The molecule has 96 valence electrons. The molecule has 0 aromatic carbocycles. The Bertz CT molecular complexity index is 361. The van der Waals surface area contributed by atoms with Gasteiger partial charge in [0.1, 0.15) is 5.82 Å². The van der Waals surface area contributed by atoms with Crippen LogP contribution < -0.4 is 5.32 Å². The molecule has 0 aliphatic heterocycles. The predicted molar refractivity (Wildman–Crippen MR) is 73.6 cm³/mol. The maximum Gasteiger partial charge on any atom is 0.202 e. The van der Waals surface area contributed by atoms with Crippen LogP contribution >= 0.6 is 11.5 Å². The molecule has 2 rings (SSSR count). The fourth-order valence-electron chi connectivity index (χ4n) is 2.38. The van der Waals surface area contributed by atoms with Crippen molar-refractivity contribution in [3.8, 4) is 0 Å². The molecule has 1 aromatic rings. The molecule has 1 fully saturated rings. The topological polar surface area (TPSA) is 37.8 Å². The Labute approximate surface area is 108 Å². The fourth-order valence-corrected chi connectivity index (χ4v) is 3.17. The van der Waals surface area contributed by atoms with Crippen molar-refractivity contribution in [2.75, 3.05) is 5.32 Å². The average Bonchev–Trinajstić information content (AvgIpc) is 2.72. The van der Waals surface area contributed by atoms with E-state index in [0.717, 1.165) is 22.8 Å². The number of rotatable bonds is 3. The third-order valence-electron chi connectivity index (χ3n) is 3.88. The first-order chi connectivity index (χ1) is 8.06. The van der Waals surface area contributed by atoms with E-state index in [9.17, 15) is 0 Å². The van der Waals surface area contributed by atoms with E-state index < -0.39 is 0 Å². The first kappa shape index (κ1) is 12.8. The SMILES string of the molecule is CC(C)c1nsc(NC2CCC(C)C(C)C2)n1. The molecule has 0 radical (unpaired) electrons. The predicted octanol–water partition coefficient (Wildman–Crippen LogP) is 3.90. The van der Waals surface area contributed by atoms with Gasteiger partial charge in [-0.05, 0) is 31.1 Å². The second-order valence-electron chi connectivity index (χ2n) is 5.72. The number of nitrogens with one attached hydrogen (secondary N) is 1. The lowest BCUT2D eigenvalue weighted by atomic mass is 9.79. The van der Waals surface area contributed by atoms with Crippen molar-refractivity contribution in [3.63, 3.8) is 0 Å². The summed E-state index contributed by atoms with van der Waals surface area (Å²) in [7, 11) is 0. The minimum absolute atomic E-state index is 0.423. The van der Waals surface area contributed by atoms with Crippen LogP contribution in [-0.2, 0) is 0 Å². The van der Waals surface area contributed by atoms with Gasteiger partial charge in [0.05, 0.1) is 0 Å². The van der Waals surface area contributed by atoms with Gasteiger partial charge in [-0.1, -0.05) is 27.7 Å². The molecule has 1 heterocycles. The molecule has 1 N–H and O–H groups in total. The molecule has 1 aliphatic rings. The smallest absolute Gasteiger partial charge is 0.202 e. The van der Waals surface area contributed by atoms with Crippen molar-refractivity contribution in [1.82, 2.24) is 9.36 Å². The van der Waals surface area contributed by atoms with Gasteiger partial charge in [0, 0.05) is 23.5 Å². The zero-order chi connectivity index (χ0) is 12.4. The van der Waals surface area contributed by atoms with Gasteiger partial charge in [0.25, 0.3) is 0 Å². The van der Waals surface area contributed by atoms with Crippen LogP contribution in [0.15, 0.2) is 0 Å². The largest absolute Gasteiger partial charge is 0.358 e.